The number of nitrogens with two attached hydrogens (primary N) is 1. The van der Waals surface area contributed by atoms with Gasteiger partial charge >= 0.3 is 0 Å². The second-order valence-electron chi connectivity index (χ2n) is 3.12. The monoisotopic (exact) mass is 277 g/mol. The number of hydrazine groups is 1. The Morgan fingerprint density at radius 3 is 2.89 bits per heavy atom. The lowest BCUT2D eigenvalue weighted by atomic mass is 10.8. The lowest BCUT2D eigenvalue weighted by Crippen LogP contribution is -2.14. The van der Waals surface area contributed by atoms with Gasteiger partial charge in [0.15, 0.2) is 5.16 Å². The molecular formula is C7H7N11S. The fourth-order valence-electron chi connectivity index (χ4n) is 1.20. The maximum atomic E-state index is 5.32. The highest BCUT2D eigenvalue weighted by molar-refractivity contribution is 7.99. The summed E-state index contributed by atoms with van der Waals surface area (Å²) in [6.45, 7) is 0. The SMILES string of the molecule is NNc1nc(Sc2ncn[nH]2)nc(-n2cncn2)n1. The van der Waals surface area contributed by atoms with Crippen molar-refractivity contribution in [2.24, 2.45) is 5.84 Å². The summed E-state index contributed by atoms with van der Waals surface area (Å²) in [4.78, 5) is 20.2. The van der Waals surface area contributed by atoms with E-state index in [1.807, 2.05) is 0 Å². The molecule has 0 saturated carbocycles. The minimum Gasteiger partial charge on any atom is -0.292 e. The third-order valence-electron chi connectivity index (χ3n) is 1.94. The summed E-state index contributed by atoms with van der Waals surface area (Å²) in [6, 6.07) is 0. The van der Waals surface area contributed by atoms with Crippen molar-refractivity contribution < 1.29 is 0 Å². The third-order valence-corrected chi connectivity index (χ3v) is 2.69. The Labute approximate surface area is 110 Å². The molecule has 3 aromatic heterocycles. The number of hydrogen-bond donors (Lipinski definition) is 3. The highest BCUT2D eigenvalue weighted by Gasteiger charge is 2.10. The zero-order chi connectivity index (χ0) is 13.1. The first kappa shape index (κ1) is 11.5. The Bertz CT molecular complexity index is 648. The van der Waals surface area contributed by atoms with Gasteiger partial charge in [-0.2, -0.15) is 29.8 Å². The number of hydrogen-bond acceptors (Lipinski definition) is 10. The van der Waals surface area contributed by atoms with Gasteiger partial charge in [0.25, 0.3) is 5.95 Å². The molecule has 4 N–H and O–H groups in total. The molecule has 3 rings (SSSR count). The van der Waals surface area contributed by atoms with Crippen LogP contribution in [0.4, 0.5) is 5.95 Å². The maximum absolute atomic E-state index is 5.32. The van der Waals surface area contributed by atoms with Crippen molar-refractivity contribution in [3.05, 3.63) is 19.0 Å². The van der Waals surface area contributed by atoms with Crippen LogP contribution in [0.2, 0.25) is 0 Å². The van der Waals surface area contributed by atoms with Crippen molar-refractivity contribution in [3.63, 3.8) is 0 Å². The summed E-state index contributed by atoms with van der Waals surface area (Å²) < 4.78 is 1.40. The number of H-pyrrole nitrogens is 1. The highest BCUT2D eigenvalue weighted by atomic mass is 32.2. The van der Waals surface area contributed by atoms with Crippen molar-refractivity contribution in [3.8, 4) is 5.95 Å². The van der Waals surface area contributed by atoms with Gasteiger partial charge in [0.2, 0.25) is 11.1 Å². The van der Waals surface area contributed by atoms with Crippen LogP contribution in [-0.2, 0) is 0 Å². The molecule has 12 heteroatoms. The molecule has 19 heavy (non-hydrogen) atoms. The van der Waals surface area contributed by atoms with Crippen LogP contribution >= 0.6 is 11.8 Å². The average molecular weight is 277 g/mol. The molecule has 0 amide bonds. The average Bonchev–Trinajstić information content (AvgIpc) is 3.11. The lowest BCUT2D eigenvalue weighted by molar-refractivity contribution is 0.758. The van der Waals surface area contributed by atoms with Crippen molar-refractivity contribution in [1.29, 1.82) is 0 Å². The number of nitrogens with one attached hydrogen (secondary N) is 2. The summed E-state index contributed by atoms with van der Waals surface area (Å²) >= 11 is 1.19. The minimum atomic E-state index is 0.211. The predicted molar refractivity (Wildman–Crippen MR) is 63.1 cm³/mol. The predicted octanol–water partition coefficient (Wildman–Crippen LogP) is -0.993. The van der Waals surface area contributed by atoms with Gasteiger partial charge in [0, 0.05) is 0 Å². The van der Waals surface area contributed by atoms with Crippen molar-refractivity contribution in [1.82, 2.24) is 44.9 Å². The molecule has 0 radical (unpaired) electrons. The summed E-state index contributed by atoms with van der Waals surface area (Å²) in [7, 11) is 0. The zero-order valence-corrected chi connectivity index (χ0v) is 10.1. The molecule has 0 aliphatic heterocycles. The molecular weight excluding hydrogens is 270 g/mol. The summed E-state index contributed by atoms with van der Waals surface area (Å²) in [5, 5.41) is 11.3. The Hall–Kier alpha value is -2.60. The summed E-state index contributed by atoms with van der Waals surface area (Å²) in [5.74, 6) is 5.83. The quantitative estimate of drug-likeness (QED) is 0.400. The normalized spacial score (nSPS) is 10.6. The van der Waals surface area contributed by atoms with E-state index < -0.39 is 0 Å². The Morgan fingerprint density at radius 2 is 2.21 bits per heavy atom. The minimum absolute atomic E-state index is 0.211. The first-order valence-electron chi connectivity index (χ1n) is 4.96. The van der Waals surface area contributed by atoms with E-state index in [1.165, 1.54) is 35.4 Å². The fourth-order valence-corrected chi connectivity index (χ4v) is 1.83. The Balaban J connectivity index is 1.98. The lowest BCUT2D eigenvalue weighted by Gasteiger charge is -2.04. The zero-order valence-electron chi connectivity index (χ0n) is 9.30. The largest absolute Gasteiger partial charge is 0.292 e. The van der Waals surface area contributed by atoms with E-state index in [9.17, 15) is 0 Å². The number of nitrogen functional groups attached to an aromatic ring is 1. The van der Waals surface area contributed by atoms with Gasteiger partial charge in [-0.05, 0) is 11.8 Å². The van der Waals surface area contributed by atoms with Crippen LogP contribution in [0, 0.1) is 0 Å². The standard InChI is InChI=1S/C7H7N11S/c8-16-4-13-5(18-3-9-1-12-18)15-7(14-4)19-6-10-2-11-17-6/h1-3H,8H2,(H,10,11,17)(H,13,14,15,16). The number of aromatic amines is 1. The second-order valence-corrected chi connectivity index (χ2v) is 4.07. The molecule has 0 aromatic carbocycles. The molecule has 3 aromatic rings. The van der Waals surface area contributed by atoms with Gasteiger partial charge in [-0.15, -0.1) is 0 Å². The van der Waals surface area contributed by atoms with Crippen LogP contribution in [0.1, 0.15) is 0 Å². The first-order chi connectivity index (χ1) is 9.35. The molecule has 0 aliphatic rings. The van der Waals surface area contributed by atoms with Gasteiger partial charge in [0.1, 0.15) is 19.0 Å². The van der Waals surface area contributed by atoms with Gasteiger partial charge < -0.3 is 0 Å². The van der Waals surface area contributed by atoms with E-state index in [2.05, 4.69) is 45.6 Å². The van der Waals surface area contributed by atoms with E-state index in [0.717, 1.165) is 0 Å². The number of anilines is 1. The molecule has 0 aliphatic carbocycles. The van der Waals surface area contributed by atoms with Crippen molar-refractivity contribution in [2.45, 2.75) is 10.3 Å². The molecule has 11 nitrogen and oxygen atoms in total. The van der Waals surface area contributed by atoms with E-state index in [4.69, 9.17) is 5.84 Å². The molecule has 3 heterocycles. The first-order valence-corrected chi connectivity index (χ1v) is 5.78. The molecule has 0 bridgehead atoms. The molecule has 0 atom stereocenters. The molecule has 0 spiro atoms. The van der Waals surface area contributed by atoms with E-state index in [1.54, 1.807) is 0 Å². The Kier molecular flexibility index (Phi) is 2.99. The molecule has 0 unspecified atom stereocenters. The number of rotatable bonds is 4. The maximum Gasteiger partial charge on any atom is 0.257 e. The van der Waals surface area contributed by atoms with Crippen LogP contribution in [0.15, 0.2) is 29.3 Å². The van der Waals surface area contributed by atoms with Gasteiger partial charge in [-0.25, -0.2) is 15.8 Å². The van der Waals surface area contributed by atoms with Crippen LogP contribution < -0.4 is 11.3 Å². The Morgan fingerprint density at radius 1 is 1.26 bits per heavy atom. The summed E-state index contributed by atoms with van der Waals surface area (Å²) in [6.07, 6.45) is 4.24. The summed E-state index contributed by atoms with van der Waals surface area (Å²) in [5.41, 5.74) is 2.37. The highest BCUT2D eigenvalue weighted by Crippen LogP contribution is 2.21. The molecule has 0 fully saturated rings. The van der Waals surface area contributed by atoms with E-state index >= 15 is 0 Å². The smallest absolute Gasteiger partial charge is 0.257 e. The van der Waals surface area contributed by atoms with E-state index in [-0.39, 0.29) is 5.95 Å². The fraction of sp³-hybridized carbons (Fsp3) is 0. The van der Waals surface area contributed by atoms with Gasteiger partial charge in [0.05, 0.1) is 0 Å². The van der Waals surface area contributed by atoms with Crippen LogP contribution in [0.5, 0.6) is 0 Å². The molecule has 96 valence electrons. The third kappa shape index (κ3) is 2.48. The van der Waals surface area contributed by atoms with Crippen molar-refractivity contribution in [2.75, 3.05) is 5.43 Å². The van der Waals surface area contributed by atoms with Crippen LogP contribution in [-0.4, -0.2) is 44.9 Å². The molecule has 0 saturated heterocycles. The van der Waals surface area contributed by atoms with Crippen LogP contribution in [0.3, 0.4) is 0 Å². The number of nitrogens with zero attached hydrogens (tertiary/aromatic N) is 8. The van der Waals surface area contributed by atoms with E-state index in [0.29, 0.717) is 16.3 Å². The van der Waals surface area contributed by atoms with Crippen LogP contribution in [0.25, 0.3) is 5.95 Å². The number of aromatic nitrogens is 9. The van der Waals surface area contributed by atoms with Crippen molar-refractivity contribution >= 4 is 17.7 Å². The second kappa shape index (κ2) is 4.95. The van der Waals surface area contributed by atoms with Gasteiger partial charge in [-0.1, -0.05) is 0 Å². The topological polar surface area (TPSA) is 149 Å². The van der Waals surface area contributed by atoms with Gasteiger partial charge in [-0.3, -0.25) is 10.5 Å².